The number of halogens is 3. The van der Waals surface area contributed by atoms with E-state index < -0.39 is 29.0 Å². The molecule has 3 rings (SSSR count). The first kappa shape index (κ1) is 19.6. The first-order chi connectivity index (χ1) is 12.7. The smallest absolute Gasteiger partial charge is 0.416 e. The molecule has 2 heterocycles. The lowest BCUT2D eigenvalue weighted by molar-refractivity contribution is -0.137. The van der Waals surface area contributed by atoms with Crippen LogP contribution in [0.2, 0.25) is 0 Å². The molecule has 0 amide bonds. The van der Waals surface area contributed by atoms with Gasteiger partial charge in [0.1, 0.15) is 0 Å². The molecule has 0 saturated carbocycles. The number of aromatic nitrogens is 3. The molecule has 4 N–H and O–H groups in total. The number of hydrogen-bond acceptors (Lipinski definition) is 6. The van der Waals surface area contributed by atoms with Crippen molar-refractivity contribution >= 4 is 23.2 Å². The normalized spacial score (nSPS) is 18.4. The Kier molecular flexibility index (Phi) is 5.67. The maximum Gasteiger partial charge on any atom is 0.416 e. The summed E-state index contributed by atoms with van der Waals surface area (Å²) in [5.74, 6) is 0.471. The highest BCUT2D eigenvalue weighted by Crippen LogP contribution is 2.35. The molecule has 148 valence electrons. The number of rotatable bonds is 5. The highest BCUT2D eigenvalue weighted by Gasteiger charge is 2.33. The van der Waals surface area contributed by atoms with Gasteiger partial charge in [-0.3, -0.25) is 4.21 Å². The van der Waals surface area contributed by atoms with Gasteiger partial charge in [0.15, 0.2) is 0 Å². The number of aromatic amines is 1. The standard InChI is InChI=1S/C15H19F3N6O2S/c16-15(17,18)11-3-1-2-10(8-11)12(23-27(25)26)9-4-6-24(7-5-9)14-20-13(19)21-22-14/h1-3,8-9,12,23H,4-7H2,(H,25,26)(H3,19,20,21,22)/p-1. The Balaban J connectivity index is 1.77. The van der Waals surface area contributed by atoms with Gasteiger partial charge in [-0.25, -0.2) is 9.82 Å². The number of nitrogens with one attached hydrogen (secondary N) is 2. The molecule has 0 bridgehead atoms. The summed E-state index contributed by atoms with van der Waals surface area (Å²) in [5, 5.41) is 6.53. The van der Waals surface area contributed by atoms with E-state index in [1.165, 1.54) is 12.1 Å². The number of H-pyrrole nitrogens is 1. The number of hydrogen-bond donors (Lipinski definition) is 3. The van der Waals surface area contributed by atoms with Gasteiger partial charge in [0.05, 0.1) is 5.56 Å². The fraction of sp³-hybridized carbons (Fsp3) is 0.467. The summed E-state index contributed by atoms with van der Waals surface area (Å²) in [7, 11) is 0. The molecular weight excluding hydrogens is 385 g/mol. The Labute approximate surface area is 155 Å². The number of nitrogen functional groups attached to an aromatic ring is 1. The average molecular weight is 403 g/mol. The molecule has 0 aliphatic carbocycles. The van der Waals surface area contributed by atoms with Crippen LogP contribution in [0.4, 0.5) is 25.1 Å². The van der Waals surface area contributed by atoms with Crippen LogP contribution in [0.3, 0.4) is 0 Å². The van der Waals surface area contributed by atoms with Crippen LogP contribution in [0, 0.1) is 5.92 Å². The fourth-order valence-electron chi connectivity index (χ4n) is 3.29. The van der Waals surface area contributed by atoms with Crippen molar-refractivity contribution in [1.82, 2.24) is 19.9 Å². The molecule has 2 atom stereocenters. The quantitative estimate of drug-likeness (QED) is 0.654. The van der Waals surface area contributed by atoms with E-state index in [0.717, 1.165) is 12.1 Å². The van der Waals surface area contributed by atoms with Crippen molar-refractivity contribution in [3.8, 4) is 0 Å². The van der Waals surface area contributed by atoms with Crippen LogP contribution in [0.5, 0.6) is 0 Å². The van der Waals surface area contributed by atoms with Gasteiger partial charge >= 0.3 is 6.18 Å². The van der Waals surface area contributed by atoms with Crippen molar-refractivity contribution in [2.24, 2.45) is 5.92 Å². The predicted molar refractivity (Wildman–Crippen MR) is 92.0 cm³/mol. The number of benzene rings is 1. The minimum absolute atomic E-state index is 0.168. The van der Waals surface area contributed by atoms with Crippen LogP contribution < -0.4 is 15.4 Å². The van der Waals surface area contributed by atoms with Crippen molar-refractivity contribution in [2.45, 2.75) is 25.1 Å². The lowest BCUT2D eigenvalue weighted by atomic mass is 9.85. The summed E-state index contributed by atoms with van der Waals surface area (Å²) in [6.45, 7) is 1.06. The van der Waals surface area contributed by atoms with Crippen molar-refractivity contribution in [3.05, 3.63) is 35.4 Å². The largest absolute Gasteiger partial charge is 0.760 e. The van der Waals surface area contributed by atoms with E-state index in [9.17, 15) is 21.9 Å². The molecule has 8 nitrogen and oxygen atoms in total. The second-order valence-corrected chi connectivity index (χ2v) is 7.00. The molecule has 27 heavy (non-hydrogen) atoms. The molecule has 1 aromatic heterocycles. The van der Waals surface area contributed by atoms with Crippen LogP contribution in [0.15, 0.2) is 24.3 Å². The van der Waals surface area contributed by atoms with E-state index in [-0.39, 0.29) is 17.4 Å². The molecule has 1 fully saturated rings. The van der Waals surface area contributed by atoms with E-state index >= 15 is 0 Å². The number of piperidine rings is 1. The third-order valence-electron chi connectivity index (χ3n) is 4.58. The number of nitrogens with two attached hydrogens (primary N) is 1. The van der Waals surface area contributed by atoms with Crippen LogP contribution >= 0.6 is 0 Å². The average Bonchev–Trinajstić information content (AvgIpc) is 3.05. The summed E-state index contributed by atoms with van der Waals surface area (Å²) in [6, 6.07) is 4.00. The molecule has 1 aromatic carbocycles. The molecule has 0 spiro atoms. The zero-order valence-electron chi connectivity index (χ0n) is 14.1. The molecular formula is C15H18F3N6O2S-. The van der Waals surface area contributed by atoms with Crippen LogP contribution in [0.25, 0.3) is 0 Å². The maximum absolute atomic E-state index is 13.0. The van der Waals surface area contributed by atoms with Gasteiger partial charge in [0, 0.05) is 30.4 Å². The highest BCUT2D eigenvalue weighted by atomic mass is 32.2. The van der Waals surface area contributed by atoms with E-state index in [0.29, 0.717) is 31.9 Å². The lowest BCUT2D eigenvalue weighted by Crippen LogP contribution is -2.40. The van der Waals surface area contributed by atoms with Gasteiger partial charge in [0.2, 0.25) is 11.9 Å². The van der Waals surface area contributed by atoms with Gasteiger partial charge in [-0.05, 0) is 36.5 Å². The second kappa shape index (κ2) is 7.82. The first-order valence-corrected chi connectivity index (χ1v) is 9.27. The van der Waals surface area contributed by atoms with Crippen LogP contribution in [0.1, 0.15) is 30.0 Å². The lowest BCUT2D eigenvalue weighted by Gasteiger charge is -2.36. The molecule has 2 unspecified atom stereocenters. The third kappa shape index (κ3) is 4.76. The highest BCUT2D eigenvalue weighted by molar-refractivity contribution is 7.77. The van der Waals surface area contributed by atoms with E-state index in [1.54, 1.807) is 0 Å². The first-order valence-electron chi connectivity index (χ1n) is 8.19. The van der Waals surface area contributed by atoms with Crippen molar-refractivity contribution < 1.29 is 21.9 Å². The Bertz CT molecular complexity index is 807. The Morgan fingerprint density at radius 2 is 2.07 bits per heavy atom. The van der Waals surface area contributed by atoms with Gasteiger partial charge in [-0.2, -0.15) is 18.2 Å². The molecule has 1 saturated heterocycles. The molecule has 2 aromatic rings. The SMILES string of the molecule is Nc1nc(N2CCC(C(NS(=O)[O-])c3cccc(C(F)(F)F)c3)CC2)n[nH]1. The molecule has 12 heteroatoms. The number of anilines is 2. The van der Waals surface area contributed by atoms with E-state index in [4.69, 9.17) is 5.73 Å². The van der Waals surface area contributed by atoms with Crippen molar-refractivity contribution in [1.29, 1.82) is 0 Å². The molecule has 1 aliphatic heterocycles. The topological polar surface area (TPSA) is 123 Å². The van der Waals surface area contributed by atoms with Crippen LogP contribution in [-0.4, -0.2) is 37.0 Å². The summed E-state index contributed by atoms with van der Waals surface area (Å²) < 4.78 is 63.8. The number of alkyl halides is 3. The Morgan fingerprint density at radius 1 is 1.37 bits per heavy atom. The summed E-state index contributed by atoms with van der Waals surface area (Å²) in [6.07, 6.45) is -3.38. The predicted octanol–water partition coefficient (Wildman–Crippen LogP) is 1.75. The van der Waals surface area contributed by atoms with E-state index in [1.807, 2.05) is 4.90 Å². The molecule has 1 aliphatic rings. The summed E-state index contributed by atoms with van der Waals surface area (Å²) in [4.78, 5) is 5.94. The zero-order chi connectivity index (χ0) is 19.6. The van der Waals surface area contributed by atoms with E-state index in [2.05, 4.69) is 19.9 Å². The van der Waals surface area contributed by atoms with Crippen LogP contribution in [-0.2, 0) is 17.4 Å². The van der Waals surface area contributed by atoms with Gasteiger partial charge in [0.25, 0.3) is 0 Å². The Morgan fingerprint density at radius 3 is 2.63 bits per heavy atom. The maximum atomic E-state index is 13.0. The van der Waals surface area contributed by atoms with Gasteiger partial charge in [-0.1, -0.05) is 12.1 Å². The summed E-state index contributed by atoms with van der Waals surface area (Å²) >= 11 is -2.61. The number of nitrogens with zero attached hydrogens (tertiary/aromatic N) is 3. The molecule has 0 radical (unpaired) electrons. The minimum Gasteiger partial charge on any atom is -0.760 e. The fourth-order valence-corrected chi connectivity index (χ4v) is 3.82. The van der Waals surface area contributed by atoms with Crippen molar-refractivity contribution in [2.75, 3.05) is 23.7 Å². The third-order valence-corrected chi connectivity index (χ3v) is 5.03. The minimum atomic E-state index is -4.49. The summed E-state index contributed by atoms with van der Waals surface area (Å²) in [5.41, 5.74) is 4.99. The monoisotopic (exact) mass is 403 g/mol. The Hall–Kier alpha value is -2.18. The van der Waals surface area contributed by atoms with Crippen molar-refractivity contribution in [3.63, 3.8) is 0 Å². The zero-order valence-corrected chi connectivity index (χ0v) is 14.9. The van der Waals surface area contributed by atoms with Gasteiger partial charge in [-0.15, -0.1) is 5.10 Å². The van der Waals surface area contributed by atoms with Gasteiger partial charge < -0.3 is 15.2 Å². The second-order valence-electron chi connectivity index (χ2n) is 6.30.